The van der Waals surface area contributed by atoms with E-state index in [-0.39, 0.29) is 12.5 Å². The van der Waals surface area contributed by atoms with Crippen LogP contribution in [-0.2, 0) is 20.9 Å². The molecule has 0 spiro atoms. The number of amides is 3. The van der Waals surface area contributed by atoms with Gasteiger partial charge in [0.1, 0.15) is 17.7 Å². The second-order valence-electron chi connectivity index (χ2n) is 8.09. The largest absolute Gasteiger partial charge is 0.445 e. The van der Waals surface area contributed by atoms with Crippen LogP contribution in [0.2, 0.25) is 0 Å². The molecule has 30 heavy (non-hydrogen) atoms. The molecule has 0 aromatic heterocycles. The SMILES string of the molecule is CN(C(=O)C(C)(C)NC(=O)C(C)(C)NC(=O)OCc1ccccc1)c1ccccc1. The van der Waals surface area contributed by atoms with E-state index in [2.05, 4.69) is 10.6 Å². The zero-order valence-electron chi connectivity index (χ0n) is 18.1. The summed E-state index contributed by atoms with van der Waals surface area (Å²) in [5.74, 6) is -0.788. The van der Waals surface area contributed by atoms with Gasteiger partial charge in [-0.25, -0.2) is 4.79 Å². The molecular weight excluding hydrogens is 382 g/mol. The van der Waals surface area contributed by atoms with Crippen molar-refractivity contribution in [2.24, 2.45) is 0 Å². The predicted molar refractivity (Wildman–Crippen MR) is 116 cm³/mol. The summed E-state index contributed by atoms with van der Waals surface area (Å²) in [6, 6.07) is 18.4. The fourth-order valence-electron chi connectivity index (χ4n) is 2.75. The number of nitrogens with zero attached hydrogens (tertiary/aromatic N) is 1. The van der Waals surface area contributed by atoms with Crippen molar-refractivity contribution in [3.63, 3.8) is 0 Å². The van der Waals surface area contributed by atoms with E-state index in [1.165, 1.54) is 4.90 Å². The van der Waals surface area contributed by atoms with E-state index in [9.17, 15) is 14.4 Å². The third kappa shape index (κ3) is 6.07. The molecule has 0 atom stereocenters. The first-order valence-electron chi connectivity index (χ1n) is 9.67. The molecule has 0 saturated carbocycles. The summed E-state index contributed by atoms with van der Waals surface area (Å²) >= 11 is 0. The number of carbonyl (C=O) groups excluding carboxylic acids is 3. The average molecular weight is 412 g/mol. The number of benzene rings is 2. The first kappa shape index (κ1) is 22.9. The summed E-state index contributed by atoms with van der Waals surface area (Å²) in [6.07, 6.45) is -0.718. The van der Waals surface area contributed by atoms with Crippen LogP contribution in [0, 0.1) is 0 Å². The number of anilines is 1. The monoisotopic (exact) mass is 411 g/mol. The third-order valence-electron chi connectivity index (χ3n) is 4.60. The Kier molecular flexibility index (Phi) is 7.21. The maximum Gasteiger partial charge on any atom is 0.408 e. The number of hydrogen-bond acceptors (Lipinski definition) is 4. The van der Waals surface area contributed by atoms with E-state index >= 15 is 0 Å². The molecule has 3 amide bonds. The van der Waals surface area contributed by atoms with Crippen molar-refractivity contribution < 1.29 is 19.1 Å². The van der Waals surface area contributed by atoms with Crippen molar-refractivity contribution in [1.82, 2.24) is 10.6 Å². The maximum atomic E-state index is 12.9. The quantitative estimate of drug-likeness (QED) is 0.732. The Hall–Kier alpha value is -3.35. The van der Waals surface area contributed by atoms with Crippen LogP contribution in [0.3, 0.4) is 0 Å². The molecule has 2 aromatic carbocycles. The Labute approximate surface area is 177 Å². The normalized spacial score (nSPS) is 11.4. The van der Waals surface area contributed by atoms with Crippen LogP contribution in [0.1, 0.15) is 33.3 Å². The second kappa shape index (κ2) is 9.43. The smallest absolute Gasteiger partial charge is 0.408 e. The number of nitrogens with one attached hydrogen (secondary N) is 2. The molecule has 7 nitrogen and oxygen atoms in total. The molecule has 0 aliphatic heterocycles. The van der Waals surface area contributed by atoms with Gasteiger partial charge in [-0.1, -0.05) is 48.5 Å². The van der Waals surface area contributed by atoms with Gasteiger partial charge in [-0.05, 0) is 45.4 Å². The minimum absolute atomic E-state index is 0.0935. The predicted octanol–water partition coefficient (Wildman–Crippen LogP) is 3.25. The highest BCUT2D eigenvalue weighted by molar-refractivity contribution is 6.02. The van der Waals surface area contributed by atoms with Gasteiger partial charge in [0, 0.05) is 12.7 Å². The second-order valence-corrected chi connectivity index (χ2v) is 8.09. The van der Waals surface area contributed by atoms with Crippen molar-refractivity contribution >= 4 is 23.6 Å². The van der Waals surface area contributed by atoms with Crippen LogP contribution in [0.4, 0.5) is 10.5 Å². The Bertz CT molecular complexity index is 880. The van der Waals surface area contributed by atoms with Crippen LogP contribution < -0.4 is 15.5 Å². The lowest BCUT2D eigenvalue weighted by Crippen LogP contribution is -2.63. The van der Waals surface area contributed by atoms with Crippen molar-refractivity contribution in [1.29, 1.82) is 0 Å². The van der Waals surface area contributed by atoms with Gasteiger partial charge in [-0.15, -0.1) is 0 Å². The van der Waals surface area contributed by atoms with Gasteiger partial charge in [-0.3, -0.25) is 9.59 Å². The molecule has 0 heterocycles. The van der Waals surface area contributed by atoms with E-state index in [4.69, 9.17) is 4.74 Å². The minimum Gasteiger partial charge on any atom is -0.445 e. The number of ether oxygens (including phenoxy) is 1. The third-order valence-corrected chi connectivity index (χ3v) is 4.60. The summed E-state index contributed by atoms with van der Waals surface area (Å²) < 4.78 is 5.18. The number of alkyl carbamates (subject to hydrolysis) is 1. The summed E-state index contributed by atoms with van der Waals surface area (Å²) in [6.45, 7) is 6.43. The standard InChI is InChI=1S/C23H29N3O4/c1-22(2,25-21(29)30-16-17-12-8-6-9-13-17)19(27)24-23(3,4)20(28)26(5)18-14-10-7-11-15-18/h6-15H,16H2,1-5H3,(H,24,27)(H,25,29). The van der Waals surface area contributed by atoms with Gasteiger partial charge < -0.3 is 20.3 Å². The highest BCUT2D eigenvalue weighted by Gasteiger charge is 2.38. The molecule has 0 bridgehead atoms. The van der Waals surface area contributed by atoms with E-state index in [1.807, 2.05) is 60.7 Å². The Balaban J connectivity index is 1.96. The topological polar surface area (TPSA) is 87.7 Å². The van der Waals surface area contributed by atoms with Crippen molar-refractivity contribution in [3.8, 4) is 0 Å². The van der Waals surface area contributed by atoms with Gasteiger partial charge in [0.05, 0.1) is 0 Å². The molecule has 0 fully saturated rings. The molecule has 0 aliphatic rings. The van der Waals surface area contributed by atoms with E-state index < -0.39 is 23.1 Å². The number of rotatable bonds is 7. The Morgan fingerprint density at radius 1 is 0.833 bits per heavy atom. The highest BCUT2D eigenvalue weighted by atomic mass is 16.5. The number of para-hydroxylation sites is 1. The summed E-state index contributed by atoms with van der Waals surface area (Å²) in [5, 5.41) is 5.28. The number of likely N-dealkylation sites (N-methyl/N-ethyl adjacent to an activating group) is 1. The summed E-state index contributed by atoms with van der Waals surface area (Å²) in [7, 11) is 1.65. The molecule has 160 valence electrons. The lowest BCUT2D eigenvalue weighted by Gasteiger charge is -2.34. The zero-order valence-corrected chi connectivity index (χ0v) is 18.1. The minimum atomic E-state index is -1.28. The fourth-order valence-corrected chi connectivity index (χ4v) is 2.75. The van der Waals surface area contributed by atoms with E-state index in [0.717, 1.165) is 5.56 Å². The van der Waals surface area contributed by atoms with Crippen LogP contribution in [0.5, 0.6) is 0 Å². The molecule has 7 heteroatoms. The molecule has 0 radical (unpaired) electrons. The maximum absolute atomic E-state index is 12.9. The van der Waals surface area contributed by atoms with E-state index in [1.54, 1.807) is 34.7 Å². The first-order chi connectivity index (χ1) is 14.0. The van der Waals surface area contributed by atoms with Crippen molar-refractivity contribution in [2.45, 2.75) is 45.4 Å². The lowest BCUT2D eigenvalue weighted by atomic mass is 9.98. The van der Waals surface area contributed by atoms with Crippen LogP contribution in [0.15, 0.2) is 60.7 Å². The summed E-state index contributed by atoms with van der Waals surface area (Å²) in [4.78, 5) is 39.3. The van der Waals surface area contributed by atoms with Crippen molar-refractivity contribution in [3.05, 3.63) is 66.2 Å². The fraction of sp³-hybridized carbons (Fsp3) is 0.348. The molecule has 2 N–H and O–H groups in total. The van der Waals surface area contributed by atoms with Gasteiger partial charge in [0.2, 0.25) is 5.91 Å². The van der Waals surface area contributed by atoms with Crippen molar-refractivity contribution in [2.75, 3.05) is 11.9 Å². The Morgan fingerprint density at radius 3 is 1.93 bits per heavy atom. The molecule has 0 saturated heterocycles. The average Bonchev–Trinajstić information content (AvgIpc) is 2.72. The molecule has 0 unspecified atom stereocenters. The van der Waals surface area contributed by atoms with Crippen LogP contribution >= 0.6 is 0 Å². The van der Waals surface area contributed by atoms with E-state index in [0.29, 0.717) is 5.69 Å². The molecule has 2 aromatic rings. The summed E-state index contributed by atoms with van der Waals surface area (Å²) in [5.41, 5.74) is -0.914. The molecular formula is C23H29N3O4. The number of hydrogen-bond donors (Lipinski definition) is 2. The van der Waals surface area contributed by atoms with Gasteiger partial charge in [0.25, 0.3) is 5.91 Å². The molecule has 0 aliphatic carbocycles. The Morgan fingerprint density at radius 2 is 1.37 bits per heavy atom. The lowest BCUT2D eigenvalue weighted by molar-refractivity contribution is -0.133. The van der Waals surface area contributed by atoms with Crippen LogP contribution in [0.25, 0.3) is 0 Å². The number of carbonyl (C=O) groups is 3. The van der Waals surface area contributed by atoms with Gasteiger partial charge >= 0.3 is 6.09 Å². The van der Waals surface area contributed by atoms with Crippen LogP contribution in [-0.4, -0.2) is 36.0 Å². The molecule has 2 rings (SSSR count). The highest BCUT2D eigenvalue weighted by Crippen LogP contribution is 2.17. The van der Waals surface area contributed by atoms with Gasteiger partial charge in [0.15, 0.2) is 0 Å². The first-order valence-corrected chi connectivity index (χ1v) is 9.67. The zero-order chi connectivity index (χ0) is 22.4. The van der Waals surface area contributed by atoms with Gasteiger partial charge in [-0.2, -0.15) is 0 Å².